The highest BCUT2D eigenvalue weighted by molar-refractivity contribution is 6.31. The van der Waals surface area contributed by atoms with Gasteiger partial charge in [0.25, 0.3) is 5.91 Å². The van der Waals surface area contributed by atoms with Gasteiger partial charge in [-0.15, -0.1) is 5.10 Å². The van der Waals surface area contributed by atoms with E-state index in [0.717, 1.165) is 5.56 Å². The number of hydrogen-bond acceptors (Lipinski definition) is 3. The van der Waals surface area contributed by atoms with Crippen molar-refractivity contribution in [2.75, 3.05) is 6.54 Å². The zero-order chi connectivity index (χ0) is 13.8. The molecule has 2 aromatic rings. The Bertz CT molecular complexity index is 582. The van der Waals surface area contributed by atoms with Gasteiger partial charge < -0.3 is 4.90 Å². The molecule has 2 rings (SSSR count). The molecule has 0 unspecified atom stereocenters. The summed E-state index contributed by atoms with van der Waals surface area (Å²) in [7, 11) is 0. The number of aromatic amines is 1. The summed E-state index contributed by atoms with van der Waals surface area (Å²) in [6, 6.07) is 7.48. The number of rotatable bonds is 4. The van der Waals surface area contributed by atoms with Gasteiger partial charge in [0.05, 0.1) is 0 Å². The number of benzene rings is 1. The van der Waals surface area contributed by atoms with Crippen LogP contribution in [-0.4, -0.2) is 32.5 Å². The number of aromatic nitrogens is 3. The maximum Gasteiger partial charge on any atom is 0.293 e. The molecule has 6 heteroatoms. The van der Waals surface area contributed by atoms with Gasteiger partial charge in [-0.3, -0.25) is 9.89 Å². The highest BCUT2D eigenvalue weighted by Crippen LogP contribution is 2.17. The fraction of sp³-hybridized carbons (Fsp3) is 0.308. The second kappa shape index (κ2) is 5.84. The van der Waals surface area contributed by atoms with Crippen LogP contribution in [-0.2, 0) is 6.54 Å². The smallest absolute Gasteiger partial charge is 0.293 e. The lowest BCUT2D eigenvalue weighted by atomic mass is 10.2. The fourth-order valence-corrected chi connectivity index (χ4v) is 1.93. The number of carbonyl (C=O) groups excluding carboxylic acids is 1. The Morgan fingerprint density at radius 3 is 2.74 bits per heavy atom. The van der Waals surface area contributed by atoms with Crippen molar-refractivity contribution in [2.24, 2.45) is 0 Å². The van der Waals surface area contributed by atoms with Gasteiger partial charge in [-0.1, -0.05) is 29.8 Å². The first-order valence-electron chi connectivity index (χ1n) is 6.03. The zero-order valence-corrected chi connectivity index (χ0v) is 11.6. The van der Waals surface area contributed by atoms with Gasteiger partial charge in [-0.2, -0.15) is 0 Å². The molecule has 0 aliphatic carbocycles. The minimum atomic E-state index is -0.202. The Kier molecular flexibility index (Phi) is 4.16. The molecule has 0 saturated carbocycles. The van der Waals surface area contributed by atoms with E-state index in [1.807, 2.05) is 31.2 Å². The van der Waals surface area contributed by atoms with Crippen molar-refractivity contribution in [3.8, 4) is 0 Å². The van der Waals surface area contributed by atoms with E-state index in [4.69, 9.17) is 11.6 Å². The number of aryl methyl sites for hydroxylation is 1. The molecule has 1 aromatic heterocycles. The summed E-state index contributed by atoms with van der Waals surface area (Å²) >= 11 is 6.10. The third-order valence-corrected chi connectivity index (χ3v) is 3.15. The molecule has 0 aliphatic heterocycles. The number of amides is 1. The Morgan fingerprint density at radius 2 is 2.16 bits per heavy atom. The standard InChI is InChI=1S/C13H15ClN4O/c1-3-18(8-10-6-4-5-7-11(10)14)13(19)12-15-9(2)16-17-12/h4-7H,3,8H2,1-2H3,(H,15,16,17). The van der Waals surface area contributed by atoms with Crippen LogP contribution < -0.4 is 0 Å². The Morgan fingerprint density at radius 1 is 1.42 bits per heavy atom. The van der Waals surface area contributed by atoms with Crippen LogP contribution in [0.15, 0.2) is 24.3 Å². The first-order valence-corrected chi connectivity index (χ1v) is 6.41. The van der Waals surface area contributed by atoms with Crippen molar-refractivity contribution in [3.05, 3.63) is 46.5 Å². The topological polar surface area (TPSA) is 61.9 Å². The van der Waals surface area contributed by atoms with Crippen molar-refractivity contribution in [3.63, 3.8) is 0 Å². The minimum Gasteiger partial charge on any atom is -0.332 e. The average Bonchev–Trinajstić information content (AvgIpc) is 2.84. The van der Waals surface area contributed by atoms with E-state index < -0.39 is 0 Å². The van der Waals surface area contributed by atoms with Crippen LogP contribution in [0.2, 0.25) is 5.02 Å². The predicted molar refractivity (Wildman–Crippen MR) is 73.0 cm³/mol. The molecule has 0 spiro atoms. The van der Waals surface area contributed by atoms with Crippen molar-refractivity contribution >= 4 is 17.5 Å². The second-order valence-electron chi connectivity index (χ2n) is 4.16. The summed E-state index contributed by atoms with van der Waals surface area (Å²) in [5, 5.41) is 7.21. The first-order chi connectivity index (χ1) is 9.11. The van der Waals surface area contributed by atoms with Crippen LogP contribution in [0, 0.1) is 6.92 Å². The van der Waals surface area contributed by atoms with Crippen molar-refractivity contribution in [2.45, 2.75) is 20.4 Å². The molecular weight excluding hydrogens is 264 g/mol. The molecule has 1 N–H and O–H groups in total. The van der Waals surface area contributed by atoms with Crippen LogP contribution in [0.25, 0.3) is 0 Å². The molecule has 0 bridgehead atoms. The molecule has 0 fully saturated rings. The van der Waals surface area contributed by atoms with Crippen molar-refractivity contribution in [1.29, 1.82) is 0 Å². The van der Waals surface area contributed by atoms with E-state index >= 15 is 0 Å². The van der Waals surface area contributed by atoms with Gasteiger partial charge in [0.1, 0.15) is 5.82 Å². The third kappa shape index (κ3) is 3.12. The van der Waals surface area contributed by atoms with E-state index in [9.17, 15) is 4.79 Å². The highest BCUT2D eigenvalue weighted by atomic mass is 35.5. The first kappa shape index (κ1) is 13.5. The van der Waals surface area contributed by atoms with Crippen LogP contribution in [0.1, 0.15) is 28.9 Å². The summed E-state index contributed by atoms with van der Waals surface area (Å²) in [5.74, 6) is 0.607. The number of halogens is 1. The average molecular weight is 279 g/mol. The van der Waals surface area contributed by atoms with Gasteiger partial charge in [-0.05, 0) is 25.5 Å². The number of nitrogens with zero attached hydrogens (tertiary/aromatic N) is 3. The summed E-state index contributed by atoms with van der Waals surface area (Å²) in [6.45, 7) is 4.68. The number of carbonyl (C=O) groups is 1. The fourth-order valence-electron chi connectivity index (χ4n) is 1.74. The third-order valence-electron chi connectivity index (χ3n) is 2.78. The van der Waals surface area contributed by atoms with Crippen LogP contribution >= 0.6 is 11.6 Å². The van der Waals surface area contributed by atoms with Gasteiger partial charge in [0.15, 0.2) is 0 Å². The van der Waals surface area contributed by atoms with Crippen molar-refractivity contribution in [1.82, 2.24) is 20.1 Å². The molecule has 100 valence electrons. The lowest BCUT2D eigenvalue weighted by Crippen LogP contribution is -2.31. The zero-order valence-electron chi connectivity index (χ0n) is 10.9. The minimum absolute atomic E-state index is 0.186. The lowest BCUT2D eigenvalue weighted by Gasteiger charge is -2.19. The van der Waals surface area contributed by atoms with Crippen LogP contribution in [0.5, 0.6) is 0 Å². The molecular formula is C13H15ClN4O. The van der Waals surface area contributed by atoms with E-state index in [1.165, 1.54) is 0 Å². The largest absolute Gasteiger partial charge is 0.332 e. The van der Waals surface area contributed by atoms with Gasteiger partial charge in [-0.25, -0.2) is 4.98 Å². The monoisotopic (exact) mass is 278 g/mol. The SMILES string of the molecule is CCN(Cc1ccccc1Cl)C(=O)c1n[nH]c(C)n1. The Balaban J connectivity index is 2.17. The quantitative estimate of drug-likeness (QED) is 0.934. The van der Waals surface area contributed by atoms with Crippen LogP contribution in [0.4, 0.5) is 0 Å². The normalized spacial score (nSPS) is 10.5. The summed E-state index contributed by atoms with van der Waals surface area (Å²) in [6.07, 6.45) is 0. The molecule has 0 saturated heterocycles. The van der Waals surface area contributed by atoms with E-state index in [0.29, 0.717) is 23.9 Å². The molecule has 1 heterocycles. The number of hydrogen-bond donors (Lipinski definition) is 1. The van der Waals surface area contributed by atoms with E-state index in [1.54, 1.807) is 11.8 Å². The van der Waals surface area contributed by atoms with Gasteiger partial charge in [0.2, 0.25) is 5.82 Å². The van der Waals surface area contributed by atoms with Gasteiger partial charge >= 0.3 is 0 Å². The van der Waals surface area contributed by atoms with Gasteiger partial charge in [0, 0.05) is 18.1 Å². The number of H-pyrrole nitrogens is 1. The second-order valence-corrected chi connectivity index (χ2v) is 4.56. The molecule has 19 heavy (non-hydrogen) atoms. The maximum atomic E-state index is 12.2. The predicted octanol–water partition coefficient (Wildman–Crippen LogP) is 2.43. The maximum absolute atomic E-state index is 12.2. The molecule has 0 aliphatic rings. The van der Waals surface area contributed by atoms with E-state index in [-0.39, 0.29) is 11.7 Å². The highest BCUT2D eigenvalue weighted by Gasteiger charge is 2.19. The summed E-state index contributed by atoms with van der Waals surface area (Å²) in [5.41, 5.74) is 0.909. The van der Waals surface area contributed by atoms with E-state index in [2.05, 4.69) is 15.2 Å². The Labute approximate surface area is 116 Å². The molecule has 0 atom stereocenters. The molecule has 0 radical (unpaired) electrons. The Hall–Kier alpha value is -1.88. The molecule has 1 aromatic carbocycles. The molecule has 1 amide bonds. The summed E-state index contributed by atoms with van der Waals surface area (Å²) in [4.78, 5) is 18.0. The lowest BCUT2D eigenvalue weighted by molar-refractivity contribution is 0.0740. The van der Waals surface area contributed by atoms with Crippen LogP contribution in [0.3, 0.4) is 0 Å². The number of nitrogens with one attached hydrogen (secondary N) is 1. The van der Waals surface area contributed by atoms with Crippen molar-refractivity contribution < 1.29 is 4.79 Å². The summed E-state index contributed by atoms with van der Waals surface area (Å²) < 4.78 is 0. The molecule has 5 nitrogen and oxygen atoms in total.